The molecule has 0 bridgehead atoms. The van der Waals surface area contributed by atoms with Crippen LogP contribution in [0.5, 0.6) is 0 Å². The summed E-state index contributed by atoms with van der Waals surface area (Å²) in [4.78, 5) is 0. The minimum Gasteiger partial charge on any atom is -0.468 e. The lowest BCUT2D eigenvalue weighted by Gasteiger charge is -2.12. The maximum atomic E-state index is 9.42. The molecule has 3 aromatic rings. The fourth-order valence-electron chi connectivity index (χ4n) is 2.21. The van der Waals surface area contributed by atoms with Crippen molar-refractivity contribution >= 4 is 11.6 Å². The summed E-state index contributed by atoms with van der Waals surface area (Å²) in [5, 5.41) is 13.3. The SMILES string of the molecule is OCC(NCc1ccc(-c2ccc(Cl)cc2)o1)c1ccco1. The first-order chi connectivity index (χ1) is 10.8. The Hall–Kier alpha value is -2.01. The minimum absolute atomic E-state index is 0.0434. The average molecular weight is 318 g/mol. The van der Waals surface area contributed by atoms with Gasteiger partial charge >= 0.3 is 0 Å². The second kappa shape index (κ2) is 6.83. The van der Waals surface area contributed by atoms with Gasteiger partial charge in [0, 0.05) is 10.6 Å². The summed E-state index contributed by atoms with van der Waals surface area (Å²) in [6, 6.07) is 14.7. The topological polar surface area (TPSA) is 58.5 Å². The van der Waals surface area contributed by atoms with Crippen molar-refractivity contribution in [2.75, 3.05) is 6.61 Å². The predicted octanol–water partition coefficient (Wildman–Crippen LogP) is 4.02. The van der Waals surface area contributed by atoms with Crippen LogP contribution in [0.25, 0.3) is 11.3 Å². The molecule has 1 aromatic carbocycles. The normalized spacial score (nSPS) is 12.5. The van der Waals surface area contributed by atoms with Crippen molar-refractivity contribution < 1.29 is 13.9 Å². The van der Waals surface area contributed by atoms with Crippen LogP contribution in [0, 0.1) is 0 Å². The highest BCUT2D eigenvalue weighted by Crippen LogP contribution is 2.24. The van der Waals surface area contributed by atoms with Crippen molar-refractivity contribution in [1.82, 2.24) is 5.32 Å². The standard InChI is InChI=1S/C17H16ClNO3/c18-13-5-3-12(4-6-13)16-8-7-14(22-16)10-19-15(11-20)17-2-1-9-21-17/h1-9,15,19-20H,10-11H2. The largest absolute Gasteiger partial charge is 0.468 e. The maximum absolute atomic E-state index is 9.42. The van der Waals surface area contributed by atoms with Crippen molar-refractivity contribution in [3.63, 3.8) is 0 Å². The molecule has 0 amide bonds. The van der Waals surface area contributed by atoms with Crippen LogP contribution in [0.15, 0.2) is 63.6 Å². The number of hydrogen-bond donors (Lipinski definition) is 2. The molecule has 2 heterocycles. The van der Waals surface area contributed by atoms with Crippen molar-refractivity contribution in [3.05, 3.63) is 71.3 Å². The molecule has 0 aliphatic carbocycles. The maximum Gasteiger partial charge on any atom is 0.134 e. The van der Waals surface area contributed by atoms with Crippen LogP contribution in [0.2, 0.25) is 5.02 Å². The molecule has 0 radical (unpaired) electrons. The molecule has 0 saturated heterocycles. The first-order valence-electron chi connectivity index (χ1n) is 6.98. The summed E-state index contributed by atoms with van der Waals surface area (Å²) < 4.78 is 11.1. The Morgan fingerprint density at radius 2 is 1.91 bits per heavy atom. The van der Waals surface area contributed by atoms with Gasteiger partial charge in [0.1, 0.15) is 17.3 Å². The molecule has 0 saturated carbocycles. The highest BCUT2D eigenvalue weighted by molar-refractivity contribution is 6.30. The van der Waals surface area contributed by atoms with Gasteiger partial charge in [-0.3, -0.25) is 5.32 Å². The van der Waals surface area contributed by atoms with E-state index in [-0.39, 0.29) is 12.6 Å². The number of benzene rings is 1. The van der Waals surface area contributed by atoms with Crippen molar-refractivity contribution in [2.45, 2.75) is 12.6 Å². The average Bonchev–Trinajstić information content (AvgIpc) is 3.20. The first kappa shape index (κ1) is 14.9. The summed E-state index contributed by atoms with van der Waals surface area (Å²) >= 11 is 5.88. The van der Waals surface area contributed by atoms with E-state index in [2.05, 4.69) is 5.32 Å². The molecule has 0 aliphatic heterocycles. The third-order valence-corrected chi connectivity index (χ3v) is 3.63. The van der Waals surface area contributed by atoms with E-state index in [9.17, 15) is 5.11 Å². The molecule has 1 atom stereocenters. The highest BCUT2D eigenvalue weighted by atomic mass is 35.5. The molecule has 2 N–H and O–H groups in total. The van der Waals surface area contributed by atoms with Gasteiger partial charge in [-0.25, -0.2) is 0 Å². The van der Waals surface area contributed by atoms with E-state index in [1.807, 2.05) is 42.5 Å². The molecule has 3 rings (SSSR count). The van der Waals surface area contributed by atoms with Crippen LogP contribution in [0.1, 0.15) is 17.6 Å². The van der Waals surface area contributed by atoms with Gasteiger partial charge in [0.2, 0.25) is 0 Å². The molecule has 4 nitrogen and oxygen atoms in total. The lowest BCUT2D eigenvalue weighted by atomic mass is 10.2. The van der Waals surface area contributed by atoms with Crippen molar-refractivity contribution in [3.8, 4) is 11.3 Å². The van der Waals surface area contributed by atoms with Gasteiger partial charge in [0.05, 0.1) is 25.5 Å². The Morgan fingerprint density at radius 3 is 2.59 bits per heavy atom. The van der Waals surface area contributed by atoms with Gasteiger partial charge in [0.25, 0.3) is 0 Å². The molecule has 0 aliphatic rings. The van der Waals surface area contributed by atoms with Crippen LogP contribution < -0.4 is 5.32 Å². The Labute approximate surface area is 133 Å². The second-order valence-electron chi connectivity index (χ2n) is 4.90. The van der Waals surface area contributed by atoms with E-state index in [1.165, 1.54) is 0 Å². The molecular formula is C17H16ClNO3. The molecular weight excluding hydrogens is 302 g/mol. The third kappa shape index (κ3) is 3.42. The quantitative estimate of drug-likeness (QED) is 0.721. The zero-order valence-electron chi connectivity index (χ0n) is 11.8. The van der Waals surface area contributed by atoms with E-state index in [1.54, 1.807) is 12.3 Å². The number of furan rings is 2. The lowest BCUT2D eigenvalue weighted by molar-refractivity contribution is 0.223. The van der Waals surface area contributed by atoms with E-state index < -0.39 is 0 Å². The van der Waals surface area contributed by atoms with Gasteiger partial charge in [-0.2, -0.15) is 0 Å². The smallest absolute Gasteiger partial charge is 0.134 e. The molecule has 5 heteroatoms. The van der Waals surface area contributed by atoms with Gasteiger partial charge < -0.3 is 13.9 Å². The van der Waals surface area contributed by atoms with Crippen LogP contribution in [0.3, 0.4) is 0 Å². The van der Waals surface area contributed by atoms with Crippen LogP contribution in [-0.2, 0) is 6.54 Å². The number of hydrogen-bond acceptors (Lipinski definition) is 4. The van der Waals surface area contributed by atoms with Crippen LogP contribution in [-0.4, -0.2) is 11.7 Å². The summed E-state index contributed by atoms with van der Waals surface area (Å²) in [6.45, 7) is 0.456. The molecule has 2 aromatic heterocycles. The van der Waals surface area contributed by atoms with E-state index in [0.717, 1.165) is 17.1 Å². The Balaban J connectivity index is 1.65. The summed E-state index contributed by atoms with van der Waals surface area (Å²) in [6.07, 6.45) is 1.59. The summed E-state index contributed by atoms with van der Waals surface area (Å²) in [5.74, 6) is 2.27. The monoisotopic (exact) mass is 317 g/mol. The Kier molecular flexibility index (Phi) is 4.63. The van der Waals surface area contributed by atoms with Gasteiger partial charge in [-0.15, -0.1) is 0 Å². The zero-order valence-corrected chi connectivity index (χ0v) is 12.6. The fraction of sp³-hybridized carbons (Fsp3) is 0.176. The predicted molar refractivity (Wildman–Crippen MR) is 84.5 cm³/mol. The summed E-state index contributed by atoms with van der Waals surface area (Å²) in [7, 11) is 0. The molecule has 114 valence electrons. The van der Waals surface area contributed by atoms with Crippen LogP contribution in [0.4, 0.5) is 0 Å². The number of halogens is 1. The molecule has 0 fully saturated rings. The number of rotatable bonds is 6. The van der Waals surface area contributed by atoms with E-state index >= 15 is 0 Å². The minimum atomic E-state index is -0.251. The van der Waals surface area contributed by atoms with Gasteiger partial charge in [0.15, 0.2) is 0 Å². The Bertz CT molecular complexity index is 704. The molecule has 22 heavy (non-hydrogen) atoms. The fourth-order valence-corrected chi connectivity index (χ4v) is 2.34. The van der Waals surface area contributed by atoms with Crippen LogP contribution >= 0.6 is 11.6 Å². The van der Waals surface area contributed by atoms with E-state index in [0.29, 0.717) is 17.3 Å². The number of aliphatic hydroxyl groups excluding tert-OH is 1. The lowest BCUT2D eigenvalue weighted by Crippen LogP contribution is -2.23. The van der Waals surface area contributed by atoms with Crippen molar-refractivity contribution in [1.29, 1.82) is 0 Å². The summed E-state index contributed by atoms with van der Waals surface area (Å²) in [5.41, 5.74) is 0.973. The van der Waals surface area contributed by atoms with E-state index in [4.69, 9.17) is 20.4 Å². The van der Waals surface area contributed by atoms with Gasteiger partial charge in [-0.1, -0.05) is 11.6 Å². The number of nitrogens with one attached hydrogen (secondary N) is 1. The first-order valence-corrected chi connectivity index (χ1v) is 7.36. The Morgan fingerprint density at radius 1 is 1.09 bits per heavy atom. The number of aliphatic hydroxyl groups is 1. The molecule has 0 spiro atoms. The zero-order chi connectivity index (χ0) is 15.4. The van der Waals surface area contributed by atoms with Crippen molar-refractivity contribution in [2.24, 2.45) is 0 Å². The third-order valence-electron chi connectivity index (χ3n) is 3.38. The second-order valence-corrected chi connectivity index (χ2v) is 5.34. The highest BCUT2D eigenvalue weighted by Gasteiger charge is 2.13. The van der Waals surface area contributed by atoms with Gasteiger partial charge in [-0.05, 0) is 48.5 Å². The molecule has 1 unspecified atom stereocenters.